The van der Waals surface area contributed by atoms with Gasteiger partial charge in [-0.2, -0.15) is 4.72 Å². The third-order valence-electron chi connectivity index (χ3n) is 6.29. The molecular formula is C22H35N7O5S. The van der Waals surface area contributed by atoms with Crippen LogP contribution in [-0.2, 0) is 26.0 Å². The molecule has 2 heterocycles. The average molecular weight is 510 g/mol. The van der Waals surface area contributed by atoms with E-state index < -0.39 is 34.0 Å². The van der Waals surface area contributed by atoms with Gasteiger partial charge in [0.2, 0.25) is 15.9 Å². The molecule has 3 atom stereocenters. The van der Waals surface area contributed by atoms with E-state index >= 15 is 0 Å². The Labute approximate surface area is 205 Å². The first kappa shape index (κ1) is 26.7. The molecule has 1 aromatic carbocycles. The van der Waals surface area contributed by atoms with Gasteiger partial charge >= 0.3 is 5.97 Å². The largest absolute Gasteiger partial charge is 0.480 e. The van der Waals surface area contributed by atoms with Crippen LogP contribution in [0.1, 0.15) is 25.3 Å². The van der Waals surface area contributed by atoms with Crippen LogP contribution in [0.25, 0.3) is 0 Å². The number of amides is 1. The molecule has 1 saturated heterocycles. The van der Waals surface area contributed by atoms with Crippen LogP contribution in [0.15, 0.2) is 28.1 Å². The zero-order valence-corrected chi connectivity index (χ0v) is 20.9. The van der Waals surface area contributed by atoms with E-state index in [2.05, 4.69) is 22.0 Å². The van der Waals surface area contributed by atoms with E-state index in [9.17, 15) is 23.1 Å². The number of nitrogens with zero attached hydrogens (tertiary/aromatic N) is 3. The van der Waals surface area contributed by atoms with Crippen molar-refractivity contribution in [1.82, 2.24) is 14.5 Å². The fourth-order valence-corrected chi connectivity index (χ4v) is 5.93. The minimum absolute atomic E-state index is 0.0667. The minimum atomic E-state index is -4.11. The first-order valence-electron chi connectivity index (χ1n) is 11.6. The predicted molar refractivity (Wildman–Crippen MR) is 132 cm³/mol. The van der Waals surface area contributed by atoms with E-state index in [0.29, 0.717) is 31.1 Å². The zero-order valence-electron chi connectivity index (χ0n) is 20.1. The molecule has 13 heteroatoms. The fourth-order valence-electron chi connectivity index (χ4n) is 4.48. The van der Waals surface area contributed by atoms with Gasteiger partial charge in [0.05, 0.1) is 5.69 Å². The van der Waals surface area contributed by atoms with Crippen molar-refractivity contribution < 1.29 is 23.1 Å². The molecule has 2 aliphatic rings. The number of likely N-dealkylation sites (N-methyl/N-ethyl adjacent to an activating group) is 1. The molecule has 3 rings (SSSR count). The van der Waals surface area contributed by atoms with Crippen molar-refractivity contribution in [2.45, 2.75) is 43.2 Å². The number of carbonyl (C=O) groups excluding carboxylic acids is 1. The average Bonchev–Trinajstić information content (AvgIpc) is 2.79. The molecule has 3 unspecified atom stereocenters. The molecule has 35 heavy (non-hydrogen) atoms. The number of sulfonamides is 1. The molecule has 0 radical (unpaired) electrons. The third kappa shape index (κ3) is 6.61. The molecule has 0 aromatic heterocycles. The molecule has 194 valence electrons. The molecule has 7 N–H and O–H groups in total. The normalized spacial score (nSPS) is 21.5. The number of hydrogen-bond acceptors (Lipinski definition) is 7. The Morgan fingerprint density at radius 2 is 2.06 bits per heavy atom. The maximum atomic E-state index is 13.5. The van der Waals surface area contributed by atoms with Gasteiger partial charge in [-0.1, -0.05) is 19.1 Å². The highest BCUT2D eigenvalue weighted by Crippen LogP contribution is 2.31. The number of aliphatic imine (C=N–C) groups is 1. The number of anilines is 1. The Bertz CT molecular complexity index is 1070. The number of hydrogen-bond donors (Lipinski definition) is 5. The molecule has 2 aliphatic heterocycles. The molecule has 1 fully saturated rings. The predicted octanol–water partition coefficient (Wildman–Crippen LogP) is -0.782. The maximum Gasteiger partial charge on any atom is 0.327 e. The van der Waals surface area contributed by atoms with Crippen molar-refractivity contribution in [1.29, 1.82) is 0 Å². The van der Waals surface area contributed by atoms with E-state index in [1.807, 2.05) is 11.0 Å². The van der Waals surface area contributed by atoms with E-state index in [1.165, 1.54) is 11.0 Å². The molecule has 1 aromatic rings. The number of aliphatic carboxylic acids is 1. The Balaban J connectivity index is 1.88. The third-order valence-corrected chi connectivity index (χ3v) is 7.80. The summed E-state index contributed by atoms with van der Waals surface area (Å²) in [6, 6.07) is 2.83. The number of carbonyl (C=O) groups is 2. The summed E-state index contributed by atoms with van der Waals surface area (Å²) < 4.78 is 29.5. The highest BCUT2D eigenvalue weighted by Gasteiger charge is 2.39. The molecule has 0 spiro atoms. The van der Waals surface area contributed by atoms with E-state index in [-0.39, 0.29) is 36.9 Å². The van der Waals surface area contributed by atoms with Crippen LogP contribution in [0.5, 0.6) is 0 Å². The first-order valence-corrected chi connectivity index (χ1v) is 13.1. The van der Waals surface area contributed by atoms with Crippen molar-refractivity contribution in [3.63, 3.8) is 0 Å². The quantitative estimate of drug-likeness (QED) is 0.162. The van der Waals surface area contributed by atoms with Gasteiger partial charge in [-0.25, -0.2) is 13.2 Å². The van der Waals surface area contributed by atoms with Gasteiger partial charge in [-0.3, -0.25) is 9.79 Å². The summed E-state index contributed by atoms with van der Waals surface area (Å²) in [5.41, 5.74) is 12.2. The highest BCUT2D eigenvalue weighted by molar-refractivity contribution is 7.89. The van der Waals surface area contributed by atoms with Gasteiger partial charge in [0.25, 0.3) is 0 Å². The summed E-state index contributed by atoms with van der Waals surface area (Å²) in [5, 5.41) is 12.9. The van der Waals surface area contributed by atoms with Gasteiger partial charge in [-0.05, 0) is 43.9 Å². The molecule has 12 nitrogen and oxygen atoms in total. The lowest BCUT2D eigenvalue weighted by atomic mass is 9.96. The second kappa shape index (κ2) is 11.2. The van der Waals surface area contributed by atoms with Gasteiger partial charge in [0.15, 0.2) is 5.96 Å². The van der Waals surface area contributed by atoms with Gasteiger partial charge < -0.3 is 31.7 Å². The fraction of sp³-hybridized carbons (Fsp3) is 0.591. The lowest BCUT2D eigenvalue weighted by molar-refractivity contribution is -0.154. The number of para-hydroxylation sites is 1. The van der Waals surface area contributed by atoms with E-state index in [0.717, 1.165) is 12.0 Å². The highest BCUT2D eigenvalue weighted by atomic mass is 32.2. The van der Waals surface area contributed by atoms with Crippen LogP contribution >= 0.6 is 0 Å². The van der Waals surface area contributed by atoms with Crippen molar-refractivity contribution >= 4 is 33.5 Å². The number of nitrogens with two attached hydrogens (primary N) is 2. The van der Waals surface area contributed by atoms with Crippen LogP contribution in [0.2, 0.25) is 0 Å². The Hall–Kier alpha value is -2.90. The number of rotatable bonds is 9. The van der Waals surface area contributed by atoms with E-state index in [4.69, 9.17) is 11.5 Å². The number of piperazine rings is 1. The molecule has 0 bridgehead atoms. The summed E-state index contributed by atoms with van der Waals surface area (Å²) in [5.74, 6) is -1.45. The standard InChI is InChI=1S/C22H35N7O5S/c1-14-11-15-5-3-7-18(19(15)26-12-14)35(33,34)27-16(6-4-8-25-22(23)24)20(30)29-10-9-28(2)13-17(29)21(31)32/h3,5,7,14,16-17,26-27H,4,6,8-13H2,1-2H3,(H,31,32)(H4,23,24,25). The second-order valence-electron chi connectivity index (χ2n) is 9.25. The number of guanidine groups is 1. The zero-order chi connectivity index (χ0) is 25.8. The van der Waals surface area contributed by atoms with Crippen LogP contribution in [0.3, 0.4) is 0 Å². The second-order valence-corrected chi connectivity index (χ2v) is 10.9. The van der Waals surface area contributed by atoms with Crippen molar-refractivity contribution in [3.05, 3.63) is 23.8 Å². The summed E-state index contributed by atoms with van der Waals surface area (Å²) in [6.45, 7) is 3.75. The number of carboxylic acids is 1. The Morgan fingerprint density at radius 3 is 2.74 bits per heavy atom. The van der Waals surface area contributed by atoms with Gasteiger partial charge in [0, 0.05) is 32.7 Å². The van der Waals surface area contributed by atoms with Crippen LogP contribution in [0.4, 0.5) is 5.69 Å². The minimum Gasteiger partial charge on any atom is -0.480 e. The summed E-state index contributed by atoms with van der Waals surface area (Å²) >= 11 is 0. The summed E-state index contributed by atoms with van der Waals surface area (Å²) in [7, 11) is -2.33. The Morgan fingerprint density at radius 1 is 1.31 bits per heavy atom. The molecule has 0 aliphatic carbocycles. The number of benzene rings is 1. The van der Waals surface area contributed by atoms with Crippen LogP contribution in [-0.4, -0.2) is 93.0 Å². The summed E-state index contributed by atoms with van der Waals surface area (Å²) in [6.07, 6.45) is 1.17. The summed E-state index contributed by atoms with van der Waals surface area (Å²) in [4.78, 5) is 32.4. The first-order chi connectivity index (χ1) is 16.5. The van der Waals surface area contributed by atoms with E-state index in [1.54, 1.807) is 13.1 Å². The lowest BCUT2D eigenvalue weighted by Gasteiger charge is -2.39. The molecule has 1 amide bonds. The molecule has 0 saturated carbocycles. The smallest absolute Gasteiger partial charge is 0.327 e. The van der Waals surface area contributed by atoms with Crippen LogP contribution < -0.4 is 21.5 Å². The SMILES string of the molecule is CC1CNc2c(cccc2S(=O)(=O)NC(CCCN=C(N)N)C(=O)N2CCN(C)CC2C(=O)O)C1. The van der Waals surface area contributed by atoms with Crippen molar-refractivity contribution in [3.8, 4) is 0 Å². The number of nitrogens with one attached hydrogen (secondary N) is 2. The van der Waals surface area contributed by atoms with Gasteiger partial charge in [0.1, 0.15) is 17.0 Å². The Kier molecular flexibility index (Phi) is 8.56. The van der Waals surface area contributed by atoms with Crippen molar-refractivity contribution in [2.24, 2.45) is 22.4 Å². The maximum absolute atomic E-state index is 13.5. The van der Waals surface area contributed by atoms with Crippen LogP contribution in [0, 0.1) is 5.92 Å². The molecular weight excluding hydrogens is 474 g/mol. The van der Waals surface area contributed by atoms with Gasteiger partial charge in [-0.15, -0.1) is 0 Å². The monoisotopic (exact) mass is 509 g/mol. The lowest BCUT2D eigenvalue weighted by Crippen LogP contribution is -2.61. The number of fused-ring (bicyclic) bond motifs is 1. The topological polar surface area (TPSA) is 183 Å². The number of carboxylic acid groups (broad SMARTS) is 1. The van der Waals surface area contributed by atoms with Crippen molar-refractivity contribution in [2.75, 3.05) is 45.1 Å².